The third-order valence-electron chi connectivity index (χ3n) is 6.19. The van der Waals surface area contributed by atoms with Crippen molar-refractivity contribution in [3.05, 3.63) is 34.9 Å². The third kappa shape index (κ3) is 2.08. The molecule has 0 aliphatic heterocycles. The second-order valence-corrected chi connectivity index (χ2v) is 9.19. The Hall–Kier alpha value is -0.820. The Kier molecular flexibility index (Phi) is 2.72. The molecular weight excluding hydrogens is 280 g/mol. The maximum atomic E-state index is 13.3. The van der Waals surface area contributed by atoms with Crippen LogP contribution in [-0.2, 0) is 0 Å². The first-order valence-corrected chi connectivity index (χ1v) is 8.50. The number of carbonyl (C=O) groups excluding carboxylic acids is 1. The van der Waals surface area contributed by atoms with Crippen molar-refractivity contribution in [1.82, 2.24) is 0 Å². The zero-order chi connectivity index (χ0) is 14.9. The van der Waals surface area contributed by atoms with E-state index in [1.807, 2.05) is 24.3 Å². The number of hydrogen-bond acceptors (Lipinski definition) is 1. The molecule has 4 aliphatic carbocycles. The van der Waals surface area contributed by atoms with Crippen LogP contribution in [0.5, 0.6) is 0 Å². The highest BCUT2D eigenvalue weighted by molar-refractivity contribution is 6.31. The van der Waals surface area contributed by atoms with Crippen molar-refractivity contribution in [1.29, 1.82) is 0 Å². The predicted molar refractivity (Wildman–Crippen MR) is 85.6 cm³/mol. The fourth-order valence-corrected chi connectivity index (χ4v) is 6.83. The van der Waals surface area contributed by atoms with Crippen molar-refractivity contribution >= 4 is 17.4 Å². The van der Waals surface area contributed by atoms with Crippen molar-refractivity contribution in [2.24, 2.45) is 22.2 Å². The summed E-state index contributed by atoms with van der Waals surface area (Å²) in [7, 11) is 0. The molecule has 1 aromatic rings. The summed E-state index contributed by atoms with van der Waals surface area (Å²) in [6.07, 6.45) is 7.22. The maximum Gasteiger partial charge on any atom is 0.169 e. The molecule has 0 N–H and O–H groups in total. The number of Topliss-reactive ketones (excluding diaryl/α,β-unsaturated/α-hetero) is 1. The molecule has 2 unspecified atom stereocenters. The first-order valence-electron chi connectivity index (χ1n) is 8.12. The van der Waals surface area contributed by atoms with Gasteiger partial charge in [0, 0.05) is 16.0 Å². The Morgan fingerprint density at radius 3 is 2.33 bits per heavy atom. The highest BCUT2D eigenvalue weighted by atomic mass is 35.5. The van der Waals surface area contributed by atoms with Crippen LogP contribution in [-0.4, -0.2) is 5.78 Å². The summed E-state index contributed by atoms with van der Waals surface area (Å²) < 4.78 is 0. The molecular formula is C19H23ClO. The predicted octanol–water partition coefficient (Wildman–Crippen LogP) is 5.52. The number of carbonyl (C=O) groups is 1. The first kappa shape index (κ1) is 13.8. The monoisotopic (exact) mass is 302 g/mol. The smallest absolute Gasteiger partial charge is 0.169 e. The van der Waals surface area contributed by atoms with Gasteiger partial charge in [-0.15, -0.1) is 0 Å². The highest BCUT2D eigenvalue weighted by Crippen LogP contribution is 2.70. The van der Waals surface area contributed by atoms with Crippen LogP contribution in [0.1, 0.15) is 62.7 Å². The number of ketones is 1. The van der Waals surface area contributed by atoms with E-state index in [2.05, 4.69) is 13.8 Å². The van der Waals surface area contributed by atoms with E-state index in [4.69, 9.17) is 11.6 Å². The number of benzene rings is 1. The molecule has 21 heavy (non-hydrogen) atoms. The van der Waals surface area contributed by atoms with Gasteiger partial charge in [0.15, 0.2) is 5.78 Å². The van der Waals surface area contributed by atoms with Crippen molar-refractivity contribution < 1.29 is 4.79 Å². The van der Waals surface area contributed by atoms with Crippen molar-refractivity contribution in [3.63, 3.8) is 0 Å². The van der Waals surface area contributed by atoms with Crippen LogP contribution in [0.4, 0.5) is 0 Å². The molecule has 0 spiro atoms. The average molecular weight is 303 g/mol. The van der Waals surface area contributed by atoms with Gasteiger partial charge in [0.05, 0.1) is 0 Å². The van der Waals surface area contributed by atoms with E-state index in [1.165, 1.54) is 19.3 Å². The largest absolute Gasteiger partial charge is 0.294 e. The van der Waals surface area contributed by atoms with Crippen LogP contribution in [0, 0.1) is 22.2 Å². The van der Waals surface area contributed by atoms with Gasteiger partial charge in [-0.05, 0) is 67.4 Å². The standard InChI is InChI=1S/C19H23ClO/c1-17-7-13-8-18(2,10-17)12-19(9-13,11-17)16(21)14-4-3-5-15(20)6-14/h3-6,13H,7-12H2,1-2H3. The van der Waals surface area contributed by atoms with E-state index >= 15 is 0 Å². The lowest BCUT2D eigenvalue weighted by molar-refractivity contribution is -0.125. The number of rotatable bonds is 2. The first-order chi connectivity index (χ1) is 9.82. The van der Waals surface area contributed by atoms with Crippen molar-refractivity contribution in [3.8, 4) is 0 Å². The molecule has 0 amide bonds. The van der Waals surface area contributed by atoms with E-state index in [0.29, 0.717) is 21.6 Å². The van der Waals surface area contributed by atoms with Crippen LogP contribution >= 0.6 is 11.6 Å². The summed E-state index contributed by atoms with van der Waals surface area (Å²) in [5.41, 5.74) is 1.45. The topological polar surface area (TPSA) is 17.1 Å². The third-order valence-corrected chi connectivity index (χ3v) is 6.43. The molecule has 0 radical (unpaired) electrons. The molecule has 4 fully saturated rings. The highest BCUT2D eigenvalue weighted by Gasteiger charge is 2.62. The van der Waals surface area contributed by atoms with Gasteiger partial charge in [-0.3, -0.25) is 4.79 Å². The van der Waals surface area contributed by atoms with Gasteiger partial charge >= 0.3 is 0 Å². The molecule has 0 heterocycles. The van der Waals surface area contributed by atoms with Crippen LogP contribution in [0.15, 0.2) is 24.3 Å². The molecule has 112 valence electrons. The summed E-state index contributed by atoms with van der Waals surface area (Å²) >= 11 is 6.10. The quantitative estimate of drug-likeness (QED) is 0.657. The summed E-state index contributed by atoms with van der Waals surface area (Å²) in [6, 6.07) is 7.55. The van der Waals surface area contributed by atoms with Crippen LogP contribution in [0.25, 0.3) is 0 Å². The summed E-state index contributed by atoms with van der Waals surface area (Å²) in [6.45, 7) is 4.82. The van der Waals surface area contributed by atoms with E-state index in [9.17, 15) is 4.79 Å². The maximum absolute atomic E-state index is 13.3. The van der Waals surface area contributed by atoms with Gasteiger partial charge in [0.1, 0.15) is 0 Å². The molecule has 4 aliphatic rings. The van der Waals surface area contributed by atoms with Crippen LogP contribution in [0.2, 0.25) is 5.02 Å². The Bertz CT molecular complexity index is 602. The Morgan fingerprint density at radius 1 is 1.10 bits per heavy atom. The molecule has 0 saturated heterocycles. The summed E-state index contributed by atoms with van der Waals surface area (Å²) in [5, 5.41) is 0.669. The lowest BCUT2D eigenvalue weighted by atomic mass is 9.39. The van der Waals surface area contributed by atoms with Gasteiger partial charge in [-0.2, -0.15) is 0 Å². The van der Waals surface area contributed by atoms with Gasteiger partial charge in [0.25, 0.3) is 0 Å². The number of halogens is 1. The van der Waals surface area contributed by atoms with E-state index in [1.54, 1.807) is 0 Å². The van der Waals surface area contributed by atoms with Crippen LogP contribution < -0.4 is 0 Å². The molecule has 2 atom stereocenters. The molecule has 4 bridgehead atoms. The Morgan fingerprint density at radius 2 is 1.76 bits per heavy atom. The van der Waals surface area contributed by atoms with Gasteiger partial charge in [0.2, 0.25) is 0 Å². The summed E-state index contributed by atoms with van der Waals surface area (Å²) in [4.78, 5) is 13.3. The minimum atomic E-state index is -0.117. The fourth-order valence-electron chi connectivity index (χ4n) is 6.64. The molecule has 1 nitrogen and oxygen atoms in total. The Balaban J connectivity index is 1.76. The van der Waals surface area contributed by atoms with E-state index in [-0.39, 0.29) is 5.41 Å². The molecule has 5 rings (SSSR count). The number of hydrogen-bond donors (Lipinski definition) is 0. The van der Waals surface area contributed by atoms with E-state index in [0.717, 1.165) is 30.7 Å². The van der Waals surface area contributed by atoms with Gasteiger partial charge in [-0.1, -0.05) is 37.6 Å². The molecule has 4 saturated carbocycles. The second-order valence-electron chi connectivity index (χ2n) is 8.75. The van der Waals surface area contributed by atoms with Crippen molar-refractivity contribution in [2.75, 3.05) is 0 Å². The zero-order valence-corrected chi connectivity index (χ0v) is 13.7. The lowest BCUT2D eigenvalue weighted by Crippen LogP contribution is -2.57. The van der Waals surface area contributed by atoms with E-state index < -0.39 is 0 Å². The molecule has 1 aromatic carbocycles. The lowest BCUT2D eigenvalue weighted by Gasteiger charge is -2.64. The average Bonchev–Trinajstić information content (AvgIpc) is 2.33. The summed E-state index contributed by atoms with van der Waals surface area (Å²) in [5.74, 6) is 1.10. The zero-order valence-electron chi connectivity index (χ0n) is 12.9. The van der Waals surface area contributed by atoms with Gasteiger partial charge < -0.3 is 0 Å². The van der Waals surface area contributed by atoms with Crippen molar-refractivity contribution in [2.45, 2.75) is 52.4 Å². The second kappa shape index (κ2) is 4.13. The normalized spacial score (nSPS) is 44.0. The van der Waals surface area contributed by atoms with Crippen LogP contribution in [0.3, 0.4) is 0 Å². The molecule has 2 heteroatoms. The Labute approximate surface area is 132 Å². The minimum Gasteiger partial charge on any atom is -0.294 e. The SMILES string of the molecule is CC12CC3CC(C)(C1)CC(C(=O)c1cccc(Cl)c1)(C3)C2. The van der Waals surface area contributed by atoms with Gasteiger partial charge in [-0.25, -0.2) is 0 Å². The minimum absolute atomic E-state index is 0.117. The fraction of sp³-hybridized carbons (Fsp3) is 0.632. The molecule has 0 aromatic heterocycles.